The van der Waals surface area contributed by atoms with E-state index in [4.69, 9.17) is 0 Å². The van der Waals surface area contributed by atoms with Crippen LogP contribution in [-0.2, 0) is 0 Å². The van der Waals surface area contributed by atoms with Gasteiger partial charge < -0.3 is 0 Å². The molecule has 0 spiro atoms. The van der Waals surface area contributed by atoms with Gasteiger partial charge in [-0.05, 0) is 80.0 Å². The number of halogens is 3. The molecule has 0 N–H and O–H groups in total. The van der Waals surface area contributed by atoms with Crippen molar-refractivity contribution < 1.29 is 13.2 Å². The van der Waals surface area contributed by atoms with E-state index >= 15 is 0 Å². The van der Waals surface area contributed by atoms with Crippen LogP contribution in [0.25, 0.3) is 5.57 Å². The van der Waals surface area contributed by atoms with Gasteiger partial charge in [-0.1, -0.05) is 68.3 Å². The lowest BCUT2D eigenvalue weighted by Crippen LogP contribution is -2.04. The number of hydrogen-bond donors (Lipinski definition) is 0. The first-order chi connectivity index (χ1) is 15.3. The van der Waals surface area contributed by atoms with Crippen molar-refractivity contribution in [2.75, 3.05) is 0 Å². The average molecular weight is 441 g/mol. The van der Waals surface area contributed by atoms with Crippen LogP contribution < -0.4 is 0 Å². The summed E-state index contributed by atoms with van der Waals surface area (Å²) in [6.07, 6.45) is 11.9. The van der Waals surface area contributed by atoms with Crippen molar-refractivity contribution in [1.29, 1.82) is 0 Å². The number of rotatable bonds is 4. The van der Waals surface area contributed by atoms with Crippen molar-refractivity contribution in [2.24, 2.45) is 0 Å². The monoisotopic (exact) mass is 440 g/mol. The molecule has 2 aromatic rings. The normalized spacial score (nSPS) is 14.4. The fourth-order valence-electron chi connectivity index (χ4n) is 3.44. The third-order valence-electron chi connectivity index (χ3n) is 5.11. The van der Waals surface area contributed by atoms with E-state index in [1.807, 2.05) is 19.9 Å². The van der Waals surface area contributed by atoms with Gasteiger partial charge in [0.05, 0.1) is 0 Å². The van der Waals surface area contributed by atoms with Crippen molar-refractivity contribution >= 4 is 5.57 Å². The molecule has 0 aliphatic heterocycles. The first-order valence-electron chi connectivity index (χ1n) is 11.1. The predicted molar refractivity (Wildman–Crippen MR) is 132 cm³/mol. The summed E-state index contributed by atoms with van der Waals surface area (Å²) < 4.78 is 37.6. The van der Waals surface area contributed by atoms with Gasteiger partial charge in [-0.15, -0.1) is 6.58 Å². The average Bonchev–Trinajstić information content (AvgIpc) is 2.79. The quantitative estimate of drug-likeness (QED) is 0.328. The zero-order valence-electron chi connectivity index (χ0n) is 19.5. The highest BCUT2D eigenvalue weighted by molar-refractivity contribution is 5.75. The lowest BCUT2D eigenvalue weighted by molar-refractivity contribution is 0.443. The molecule has 0 saturated heterocycles. The van der Waals surface area contributed by atoms with Crippen molar-refractivity contribution in [1.82, 2.24) is 0 Å². The number of benzene rings is 2. The van der Waals surface area contributed by atoms with Gasteiger partial charge in [0, 0.05) is 6.07 Å². The Bertz CT molecular complexity index is 881. The SMILES string of the molecule is C=C(C)/C(F)=C\C(=C/C)c1ccc(C2CCCCC2)cc1.C=CC.Fc1cccc(F)c1. The number of allylic oxidation sites excluding steroid dienone is 6. The molecular formula is C29H35F3. The van der Waals surface area contributed by atoms with E-state index in [1.165, 1.54) is 55.9 Å². The van der Waals surface area contributed by atoms with Gasteiger partial charge >= 0.3 is 0 Å². The zero-order chi connectivity index (χ0) is 23.9. The van der Waals surface area contributed by atoms with Gasteiger partial charge in [0.1, 0.15) is 17.5 Å². The van der Waals surface area contributed by atoms with Gasteiger partial charge in [0.25, 0.3) is 0 Å². The lowest BCUT2D eigenvalue weighted by atomic mass is 9.83. The van der Waals surface area contributed by atoms with Crippen LogP contribution in [0.2, 0.25) is 0 Å². The smallest absolute Gasteiger partial charge is 0.126 e. The van der Waals surface area contributed by atoms with Crippen LogP contribution in [-0.4, -0.2) is 0 Å². The van der Waals surface area contributed by atoms with Gasteiger partial charge in [0.15, 0.2) is 0 Å². The van der Waals surface area contributed by atoms with Crippen LogP contribution in [0.4, 0.5) is 13.2 Å². The Morgan fingerprint density at radius 2 is 1.47 bits per heavy atom. The highest BCUT2D eigenvalue weighted by atomic mass is 19.1. The molecule has 0 amide bonds. The van der Waals surface area contributed by atoms with Gasteiger partial charge in [0.2, 0.25) is 0 Å². The summed E-state index contributed by atoms with van der Waals surface area (Å²) in [7, 11) is 0. The third-order valence-corrected chi connectivity index (χ3v) is 5.11. The first kappa shape index (κ1) is 27.2. The second-order valence-corrected chi connectivity index (χ2v) is 7.82. The largest absolute Gasteiger partial charge is 0.207 e. The molecule has 172 valence electrons. The standard InChI is InChI=1S/C20H25F.C6H4F2.C3H6/c1-4-16(14-20(21)15(2)3)18-10-12-19(13-11-18)17-8-6-5-7-9-17;7-5-2-1-3-6(8)4-5;1-3-2/h4,10-14,17H,2,5-9H2,1,3H3;1-4H;3H,1H2,2H3/b16-4+,20-14+;;. The van der Waals surface area contributed by atoms with E-state index in [-0.39, 0.29) is 5.83 Å². The molecule has 3 heteroatoms. The van der Waals surface area contributed by atoms with Crippen LogP contribution in [0.5, 0.6) is 0 Å². The minimum atomic E-state index is -0.537. The van der Waals surface area contributed by atoms with E-state index < -0.39 is 11.6 Å². The fraction of sp³-hybridized carbons (Fsp3) is 0.310. The maximum atomic E-state index is 13.7. The zero-order valence-corrected chi connectivity index (χ0v) is 19.5. The van der Waals surface area contributed by atoms with E-state index in [2.05, 4.69) is 37.4 Å². The summed E-state index contributed by atoms with van der Waals surface area (Å²) in [4.78, 5) is 0. The minimum absolute atomic E-state index is 0.251. The van der Waals surface area contributed by atoms with Crippen LogP contribution in [0, 0.1) is 11.6 Å². The topological polar surface area (TPSA) is 0 Å². The molecule has 0 heterocycles. The maximum absolute atomic E-state index is 13.7. The Balaban J connectivity index is 0.000000384. The van der Waals surface area contributed by atoms with Gasteiger partial charge in [-0.2, -0.15) is 0 Å². The summed E-state index contributed by atoms with van der Waals surface area (Å²) in [5.41, 5.74) is 3.87. The molecule has 0 radical (unpaired) electrons. The molecule has 0 aromatic heterocycles. The first-order valence-corrected chi connectivity index (χ1v) is 11.1. The summed E-state index contributed by atoms with van der Waals surface area (Å²) >= 11 is 0. The highest BCUT2D eigenvalue weighted by Crippen LogP contribution is 2.33. The van der Waals surface area contributed by atoms with Crippen molar-refractivity contribution in [2.45, 2.75) is 58.8 Å². The molecule has 0 unspecified atom stereocenters. The Hall–Kier alpha value is -2.81. The summed E-state index contributed by atoms with van der Waals surface area (Å²) in [6.45, 7) is 12.5. The van der Waals surface area contributed by atoms with Crippen LogP contribution in [0.1, 0.15) is 69.9 Å². The van der Waals surface area contributed by atoms with E-state index in [9.17, 15) is 13.2 Å². The van der Waals surface area contributed by atoms with E-state index in [1.54, 1.807) is 19.1 Å². The van der Waals surface area contributed by atoms with E-state index in [0.29, 0.717) is 11.5 Å². The second-order valence-electron chi connectivity index (χ2n) is 7.82. The van der Waals surface area contributed by atoms with Gasteiger partial charge in [-0.3, -0.25) is 0 Å². The van der Waals surface area contributed by atoms with Crippen molar-refractivity contribution in [3.63, 3.8) is 0 Å². The molecule has 1 fully saturated rings. The Kier molecular flexibility index (Phi) is 12.8. The molecule has 0 atom stereocenters. The number of hydrogen-bond acceptors (Lipinski definition) is 0. The molecule has 1 aliphatic rings. The molecule has 0 bridgehead atoms. The fourth-order valence-corrected chi connectivity index (χ4v) is 3.44. The summed E-state index contributed by atoms with van der Waals surface area (Å²) in [5.74, 6) is -0.612. The molecule has 0 nitrogen and oxygen atoms in total. The third kappa shape index (κ3) is 10.00. The van der Waals surface area contributed by atoms with Crippen LogP contribution in [0.15, 0.2) is 91.3 Å². The lowest BCUT2D eigenvalue weighted by Gasteiger charge is -2.22. The Morgan fingerprint density at radius 1 is 0.938 bits per heavy atom. The second kappa shape index (κ2) is 15.1. The summed E-state index contributed by atoms with van der Waals surface area (Å²) in [6, 6.07) is 13.2. The maximum Gasteiger partial charge on any atom is 0.126 e. The molecular weight excluding hydrogens is 405 g/mol. The van der Waals surface area contributed by atoms with E-state index in [0.717, 1.165) is 17.2 Å². The Morgan fingerprint density at radius 3 is 1.88 bits per heavy atom. The molecule has 2 aromatic carbocycles. The minimum Gasteiger partial charge on any atom is -0.207 e. The van der Waals surface area contributed by atoms with Gasteiger partial charge in [-0.25, -0.2) is 13.2 Å². The molecule has 32 heavy (non-hydrogen) atoms. The Labute approximate surface area is 191 Å². The molecule has 3 rings (SSSR count). The van der Waals surface area contributed by atoms with Crippen LogP contribution >= 0.6 is 0 Å². The summed E-state index contributed by atoms with van der Waals surface area (Å²) in [5, 5.41) is 0. The molecule has 1 aliphatic carbocycles. The van der Waals surface area contributed by atoms with Crippen molar-refractivity contribution in [3.8, 4) is 0 Å². The van der Waals surface area contributed by atoms with Crippen molar-refractivity contribution in [3.05, 3.63) is 114 Å². The predicted octanol–water partition coefficient (Wildman–Crippen LogP) is 9.72. The van der Waals surface area contributed by atoms with Crippen LogP contribution in [0.3, 0.4) is 0 Å². The molecule has 1 saturated carbocycles. The highest BCUT2D eigenvalue weighted by Gasteiger charge is 2.15.